The van der Waals surface area contributed by atoms with Crippen LogP contribution in [0.5, 0.6) is 0 Å². The molecule has 3 heterocycles. The lowest BCUT2D eigenvalue weighted by Crippen LogP contribution is -2.66. The Morgan fingerprint density at radius 1 is 0.330 bits per heavy atom. The van der Waals surface area contributed by atoms with Crippen LogP contribution in [-0.4, -0.2) is 193 Å². The van der Waals surface area contributed by atoms with Gasteiger partial charge >= 0.3 is 0 Å². The normalized spacial score (nSPS) is 25.3. The zero-order valence-electron chi connectivity index (χ0n) is 70.4. The summed E-state index contributed by atoms with van der Waals surface area (Å²) in [6.45, 7) is 1.66. The van der Waals surface area contributed by atoms with E-state index in [2.05, 4.69) is 92.1 Å². The molecule has 3 fully saturated rings. The van der Waals surface area contributed by atoms with Gasteiger partial charge in [-0.15, -0.1) is 0 Å². The molecule has 19 nitrogen and oxygen atoms in total. The number of carbonyl (C=O) groups excluding carboxylic acids is 1. The van der Waals surface area contributed by atoms with Crippen molar-refractivity contribution in [1.82, 2.24) is 5.32 Å². The predicted octanol–water partition coefficient (Wildman–Crippen LogP) is 17.7. The minimum absolute atomic E-state index is 0.237. The molecule has 3 aliphatic heterocycles. The lowest BCUT2D eigenvalue weighted by atomic mass is 9.96. The van der Waals surface area contributed by atoms with E-state index < -0.39 is 124 Å². The Hall–Kier alpha value is -3.03. The predicted molar refractivity (Wildman–Crippen MR) is 452 cm³/mol. The highest BCUT2D eigenvalue weighted by Crippen LogP contribution is 2.34. The summed E-state index contributed by atoms with van der Waals surface area (Å²) in [5.41, 5.74) is 0. The first-order chi connectivity index (χ1) is 54.8. The molecule has 0 saturated carbocycles. The van der Waals surface area contributed by atoms with Gasteiger partial charge in [-0.3, -0.25) is 4.79 Å². The second-order valence-electron chi connectivity index (χ2n) is 32.4. The Morgan fingerprint density at radius 3 is 1.00 bits per heavy atom. The van der Waals surface area contributed by atoms with Crippen LogP contribution in [0.3, 0.4) is 0 Å². The molecule has 0 spiro atoms. The Labute approximate surface area is 680 Å². The summed E-state index contributed by atoms with van der Waals surface area (Å²) in [6.07, 6.45) is 71.8. The highest BCUT2D eigenvalue weighted by atomic mass is 16.8. The molecule has 1 amide bonds. The van der Waals surface area contributed by atoms with Crippen molar-refractivity contribution in [3.05, 3.63) is 85.1 Å². The average molecular weight is 1590 g/mol. The van der Waals surface area contributed by atoms with Crippen LogP contribution in [0.1, 0.15) is 367 Å². The molecule has 3 aliphatic rings. The van der Waals surface area contributed by atoms with E-state index in [0.29, 0.717) is 12.8 Å². The number of rotatable bonds is 74. The van der Waals surface area contributed by atoms with E-state index in [9.17, 15) is 61.0 Å². The molecule has 17 unspecified atom stereocenters. The van der Waals surface area contributed by atoms with Crippen molar-refractivity contribution in [2.75, 3.05) is 26.4 Å². The Balaban J connectivity index is 1.30. The Bertz CT molecular complexity index is 2350. The number of ether oxygens (including phenoxy) is 6. The number of hydrogen-bond donors (Lipinski definition) is 12. The van der Waals surface area contributed by atoms with Crippen LogP contribution in [0.25, 0.3) is 0 Å². The van der Waals surface area contributed by atoms with Gasteiger partial charge in [-0.1, -0.05) is 369 Å². The minimum atomic E-state index is -1.98. The maximum Gasteiger partial charge on any atom is 0.220 e. The van der Waals surface area contributed by atoms with Gasteiger partial charge in [-0.25, -0.2) is 0 Å². The van der Waals surface area contributed by atoms with E-state index >= 15 is 0 Å². The molecule has 19 heteroatoms. The molecule has 12 N–H and O–H groups in total. The fourth-order valence-electron chi connectivity index (χ4n) is 15.2. The first-order valence-electron chi connectivity index (χ1n) is 45.8. The second kappa shape index (κ2) is 72.0. The topological polar surface area (TPSA) is 307 Å². The van der Waals surface area contributed by atoms with E-state index in [0.717, 1.165) is 70.6 Å². The number of aliphatic hydroxyl groups is 11. The van der Waals surface area contributed by atoms with E-state index in [4.69, 9.17) is 28.4 Å². The molecule has 0 aliphatic carbocycles. The average Bonchev–Trinajstić information content (AvgIpc) is 0.781. The van der Waals surface area contributed by atoms with Crippen molar-refractivity contribution in [2.45, 2.75) is 471 Å². The van der Waals surface area contributed by atoms with E-state index in [1.165, 1.54) is 263 Å². The van der Waals surface area contributed by atoms with Crippen molar-refractivity contribution < 1.29 is 89.4 Å². The van der Waals surface area contributed by atoms with E-state index in [-0.39, 0.29) is 18.9 Å². The molecule has 3 rings (SSSR count). The van der Waals surface area contributed by atoms with Crippen molar-refractivity contribution in [1.29, 1.82) is 0 Å². The lowest BCUT2D eigenvalue weighted by molar-refractivity contribution is -0.379. The first kappa shape index (κ1) is 103. The Kier molecular flexibility index (Phi) is 66.3. The fraction of sp³-hybridized carbons (Fsp3) is 0.839. The van der Waals surface area contributed by atoms with Gasteiger partial charge in [0, 0.05) is 6.42 Å². The molecular weight excluding hydrogens is 1420 g/mol. The van der Waals surface area contributed by atoms with Crippen molar-refractivity contribution >= 4 is 5.91 Å². The molecular formula is C93H167NO18. The van der Waals surface area contributed by atoms with Crippen LogP contribution in [-0.2, 0) is 33.2 Å². The van der Waals surface area contributed by atoms with Crippen LogP contribution in [0.2, 0.25) is 0 Å². The molecule has 112 heavy (non-hydrogen) atoms. The summed E-state index contributed by atoms with van der Waals surface area (Å²) in [4.78, 5) is 13.5. The second-order valence-corrected chi connectivity index (χ2v) is 32.4. The van der Waals surface area contributed by atoms with Gasteiger partial charge < -0.3 is 89.9 Å². The Morgan fingerprint density at radius 2 is 0.625 bits per heavy atom. The van der Waals surface area contributed by atoms with Gasteiger partial charge in [0.1, 0.15) is 73.2 Å². The van der Waals surface area contributed by atoms with Crippen molar-refractivity contribution in [2.24, 2.45) is 0 Å². The van der Waals surface area contributed by atoms with Crippen LogP contribution in [0, 0.1) is 0 Å². The third-order valence-corrected chi connectivity index (χ3v) is 22.4. The molecule has 0 aromatic carbocycles. The maximum atomic E-state index is 13.5. The van der Waals surface area contributed by atoms with Crippen LogP contribution in [0.4, 0.5) is 0 Å². The minimum Gasteiger partial charge on any atom is -0.394 e. The summed E-state index contributed by atoms with van der Waals surface area (Å²) >= 11 is 0. The summed E-state index contributed by atoms with van der Waals surface area (Å²) in [5, 5.41) is 121. The molecule has 652 valence electrons. The summed E-state index contributed by atoms with van der Waals surface area (Å²) in [6, 6.07) is -0.993. The quantitative estimate of drug-likeness (QED) is 0.0199. The number of allylic oxidation sites excluding steroid dienone is 13. The van der Waals surface area contributed by atoms with Gasteiger partial charge in [0.05, 0.1) is 38.6 Å². The fourth-order valence-corrected chi connectivity index (χ4v) is 15.2. The van der Waals surface area contributed by atoms with Gasteiger partial charge in [0.2, 0.25) is 5.91 Å². The van der Waals surface area contributed by atoms with Gasteiger partial charge in [-0.05, 0) is 77.0 Å². The van der Waals surface area contributed by atoms with Crippen LogP contribution in [0.15, 0.2) is 85.1 Å². The van der Waals surface area contributed by atoms with Gasteiger partial charge in [0.25, 0.3) is 0 Å². The highest BCUT2D eigenvalue weighted by Gasteiger charge is 2.54. The molecule has 17 atom stereocenters. The molecule has 0 radical (unpaired) electrons. The highest BCUT2D eigenvalue weighted by molar-refractivity contribution is 5.76. The smallest absolute Gasteiger partial charge is 0.220 e. The monoisotopic (exact) mass is 1590 g/mol. The third kappa shape index (κ3) is 50.0. The van der Waals surface area contributed by atoms with Gasteiger partial charge in [-0.2, -0.15) is 0 Å². The number of hydrogen-bond acceptors (Lipinski definition) is 18. The van der Waals surface area contributed by atoms with Gasteiger partial charge in [0.15, 0.2) is 18.9 Å². The first-order valence-corrected chi connectivity index (χ1v) is 45.8. The molecule has 3 saturated heterocycles. The van der Waals surface area contributed by atoms with E-state index in [1.54, 1.807) is 6.08 Å². The van der Waals surface area contributed by atoms with Crippen LogP contribution < -0.4 is 5.32 Å². The number of unbranched alkanes of at least 4 members (excludes halogenated alkanes) is 46. The maximum absolute atomic E-state index is 13.5. The standard InChI is InChI=1S/C93H167NO18/c1-3-5-7-9-11-13-15-17-19-21-23-25-27-29-31-32-33-34-35-36-37-38-39-40-41-42-43-44-45-47-49-51-53-55-57-59-61-63-65-67-69-71-81(99)94-76(77(98)70-68-66-64-62-60-58-56-54-52-50-48-46-30-28-26-24-22-20-18-16-14-12-10-8-6-4-2)75-107-91-87(105)84(102)89(79(73-96)109-91)112-93-88(106)85(103)90(80(74-97)110-93)111-92-86(104)83(101)82(100)78(72-95)108-92/h5,7,11,13,17,19,23,25,29,31,60,62,68,70,76-80,82-93,95-98,100-106H,3-4,6,8-10,12,14-16,18,20-22,24,26-28,30,32-59,61,63-67,69,71-75H2,1-2H3,(H,94,99)/b7-5-,13-11-,19-17-,25-23-,31-29-,62-60+,70-68+. The lowest BCUT2D eigenvalue weighted by Gasteiger charge is -2.48. The van der Waals surface area contributed by atoms with Crippen LogP contribution >= 0.6 is 0 Å². The zero-order valence-corrected chi connectivity index (χ0v) is 70.4. The van der Waals surface area contributed by atoms with Crippen molar-refractivity contribution in [3.8, 4) is 0 Å². The van der Waals surface area contributed by atoms with Crippen molar-refractivity contribution in [3.63, 3.8) is 0 Å². The largest absolute Gasteiger partial charge is 0.394 e. The number of amides is 1. The SMILES string of the molecule is CC/C=C\C/C=C\C/C=C\C/C=C\C/C=C\CCCCCCCCCCCCCCCCCCCCCCCCCCCC(=O)NC(COC1OC(CO)C(OC2OC(CO)C(OC3OC(CO)C(O)C(O)C3O)C(O)C2O)C(O)C1O)C(O)/C=C/CC/C=C/CCCCCCCCCCCCCCCCCCCCCC. The van der Waals surface area contributed by atoms with E-state index in [1.807, 2.05) is 6.08 Å². The summed E-state index contributed by atoms with van der Waals surface area (Å²) in [7, 11) is 0. The third-order valence-electron chi connectivity index (χ3n) is 22.4. The molecule has 0 aromatic heterocycles. The molecule has 0 aromatic rings. The zero-order chi connectivity index (χ0) is 81.0. The number of carbonyl (C=O) groups is 1. The summed E-state index contributed by atoms with van der Waals surface area (Å²) in [5.74, 6) is -0.279. The number of nitrogens with one attached hydrogen (secondary N) is 1. The summed E-state index contributed by atoms with van der Waals surface area (Å²) < 4.78 is 34.5. The molecule has 0 bridgehead atoms. The number of aliphatic hydroxyl groups excluding tert-OH is 11.